The molecule has 0 aromatic carbocycles. The molecular formula is C14H27NO. The molecule has 0 heterocycles. The Labute approximate surface area is 99.6 Å². The lowest BCUT2D eigenvalue weighted by Gasteiger charge is -2.44. The molecule has 2 heteroatoms. The molecule has 2 aliphatic rings. The van der Waals surface area contributed by atoms with Crippen molar-refractivity contribution in [1.29, 1.82) is 0 Å². The predicted octanol–water partition coefficient (Wildman–Crippen LogP) is 2.69. The van der Waals surface area contributed by atoms with E-state index in [0.29, 0.717) is 11.3 Å². The lowest BCUT2D eigenvalue weighted by molar-refractivity contribution is -0.0560. The molecule has 2 rings (SSSR count). The molecule has 0 amide bonds. The van der Waals surface area contributed by atoms with Crippen LogP contribution in [0.4, 0.5) is 0 Å². The molecule has 16 heavy (non-hydrogen) atoms. The van der Waals surface area contributed by atoms with Crippen molar-refractivity contribution in [3.05, 3.63) is 0 Å². The first-order valence-electron chi connectivity index (χ1n) is 6.70. The third kappa shape index (κ3) is 1.80. The molecule has 0 spiro atoms. The van der Waals surface area contributed by atoms with Gasteiger partial charge < -0.3 is 10.8 Å². The Morgan fingerprint density at radius 2 is 1.62 bits per heavy atom. The summed E-state index contributed by atoms with van der Waals surface area (Å²) >= 11 is 0. The molecule has 0 aromatic heterocycles. The van der Waals surface area contributed by atoms with Gasteiger partial charge in [-0.25, -0.2) is 0 Å². The van der Waals surface area contributed by atoms with Crippen LogP contribution in [0.1, 0.15) is 59.8 Å². The summed E-state index contributed by atoms with van der Waals surface area (Å²) < 4.78 is 0. The summed E-state index contributed by atoms with van der Waals surface area (Å²) in [5.41, 5.74) is 5.83. The maximum absolute atomic E-state index is 10.7. The molecule has 0 bridgehead atoms. The highest BCUT2D eigenvalue weighted by atomic mass is 16.3. The Bertz CT molecular complexity index is 273. The predicted molar refractivity (Wildman–Crippen MR) is 67.1 cm³/mol. The second-order valence-corrected chi connectivity index (χ2v) is 7.32. The van der Waals surface area contributed by atoms with Crippen LogP contribution >= 0.6 is 0 Å². The summed E-state index contributed by atoms with van der Waals surface area (Å²) in [6.45, 7) is 9.08. The first kappa shape index (κ1) is 12.4. The van der Waals surface area contributed by atoms with E-state index in [0.717, 1.165) is 38.0 Å². The zero-order valence-corrected chi connectivity index (χ0v) is 11.2. The fourth-order valence-corrected chi connectivity index (χ4v) is 3.52. The van der Waals surface area contributed by atoms with Crippen LogP contribution in [0.15, 0.2) is 0 Å². The molecule has 94 valence electrons. The second kappa shape index (κ2) is 3.46. The Kier molecular flexibility index (Phi) is 2.67. The summed E-state index contributed by atoms with van der Waals surface area (Å²) in [6, 6.07) is 0. The van der Waals surface area contributed by atoms with Crippen LogP contribution in [0, 0.1) is 17.3 Å². The molecule has 0 radical (unpaired) electrons. The van der Waals surface area contributed by atoms with Crippen molar-refractivity contribution in [2.45, 2.75) is 70.9 Å². The highest BCUT2D eigenvalue weighted by Crippen LogP contribution is 2.55. The topological polar surface area (TPSA) is 46.2 Å². The molecule has 0 aromatic rings. The van der Waals surface area contributed by atoms with Gasteiger partial charge in [0.2, 0.25) is 0 Å². The summed E-state index contributed by atoms with van der Waals surface area (Å²) in [4.78, 5) is 0. The van der Waals surface area contributed by atoms with E-state index in [1.165, 1.54) is 0 Å². The maximum atomic E-state index is 10.7. The number of aliphatic hydroxyl groups is 1. The van der Waals surface area contributed by atoms with Crippen LogP contribution in [-0.2, 0) is 0 Å². The van der Waals surface area contributed by atoms with E-state index in [9.17, 15) is 5.11 Å². The van der Waals surface area contributed by atoms with Crippen molar-refractivity contribution in [2.75, 3.05) is 0 Å². The largest absolute Gasteiger partial charge is 0.388 e. The van der Waals surface area contributed by atoms with E-state index in [4.69, 9.17) is 5.73 Å². The molecule has 3 N–H and O–H groups in total. The zero-order chi connectivity index (χ0) is 12.2. The third-order valence-electron chi connectivity index (χ3n) is 5.27. The SMILES string of the molecule is CC1CC1(N)C1(O)CCC(C(C)(C)C)CC1. The minimum Gasteiger partial charge on any atom is -0.388 e. The second-order valence-electron chi connectivity index (χ2n) is 7.32. The van der Waals surface area contributed by atoms with Crippen molar-refractivity contribution in [2.24, 2.45) is 23.0 Å². The molecule has 0 saturated heterocycles. The first-order chi connectivity index (χ1) is 7.19. The van der Waals surface area contributed by atoms with E-state index in [1.807, 2.05) is 0 Å². The molecule has 2 saturated carbocycles. The average Bonchev–Trinajstić information content (AvgIpc) is 2.76. The van der Waals surface area contributed by atoms with Gasteiger partial charge in [-0.15, -0.1) is 0 Å². The molecule has 2 atom stereocenters. The monoisotopic (exact) mass is 225 g/mol. The van der Waals surface area contributed by atoms with Crippen LogP contribution in [0.25, 0.3) is 0 Å². The molecule has 2 unspecified atom stereocenters. The van der Waals surface area contributed by atoms with Crippen molar-refractivity contribution >= 4 is 0 Å². The third-order valence-corrected chi connectivity index (χ3v) is 5.27. The lowest BCUT2D eigenvalue weighted by Crippen LogP contribution is -2.54. The Morgan fingerprint density at radius 3 is 1.94 bits per heavy atom. The van der Waals surface area contributed by atoms with E-state index in [2.05, 4.69) is 27.7 Å². The standard InChI is InChI=1S/C14H27NO/c1-10-9-14(10,15)13(16)7-5-11(6-8-13)12(2,3)4/h10-11,16H,5-9,15H2,1-4H3. The molecule has 2 nitrogen and oxygen atoms in total. The fraction of sp³-hybridized carbons (Fsp3) is 1.00. The van der Waals surface area contributed by atoms with Gasteiger partial charge in [-0.05, 0) is 49.4 Å². The molecular weight excluding hydrogens is 198 g/mol. The number of hydrogen-bond donors (Lipinski definition) is 2. The van der Waals surface area contributed by atoms with Crippen molar-refractivity contribution in [1.82, 2.24) is 0 Å². The van der Waals surface area contributed by atoms with Gasteiger partial charge in [0.25, 0.3) is 0 Å². The van der Waals surface area contributed by atoms with Crippen molar-refractivity contribution in [3.8, 4) is 0 Å². The Morgan fingerprint density at radius 1 is 1.19 bits per heavy atom. The highest BCUT2D eigenvalue weighted by molar-refractivity contribution is 5.19. The van der Waals surface area contributed by atoms with Gasteiger partial charge in [0.1, 0.15) is 0 Å². The lowest BCUT2D eigenvalue weighted by atomic mass is 9.66. The van der Waals surface area contributed by atoms with Crippen LogP contribution in [0.5, 0.6) is 0 Å². The first-order valence-corrected chi connectivity index (χ1v) is 6.70. The quantitative estimate of drug-likeness (QED) is 0.720. The Balaban J connectivity index is 2.00. The molecule has 2 aliphatic carbocycles. The summed E-state index contributed by atoms with van der Waals surface area (Å²) in [5, 5.41) is 10.7. The minimum atomic E-state index is -0.575. The summed E-state index contributed by atoms with van der Waals surface area (Å²) in [6.07, 6.45) is 5.06. The van der Waals surface area contributed by atoms with E-state index in [-0.39, 0.29) is 5.54 Å². The van der Waals surface area contributed by atoms with Gasteiger partial charge in [-0.3, -0.25) is 0 Å². The summed E-state index contributed by atoms with van der Waals surface area (Å²) in [5.74, 6) is 1.24. The van der Waals surface area contributed by atoms with Crippen molar-refractivity contribution in [3.63, 3.8) is 0 Å². The van der Waals surface area contributed by atoms with E-state index >= 15 is 0 Å². The fourth-order valence-electron chi connectivity index (χ4n) is 3.52. The van der Waals surface area contributed by atoms with Crippen molar-refractivity contribution < 1.29 is 5.11 Å². The maximum Gasteiger partial charge on any atom is 0.0829 e. The molecule has 2 fully saturated rings. The van der Waals surface area contributed by atoms with Crippen LogP contribution in [0.2, 0.25) is 0 Å². The number of hydrogen-bond acceptors (Lipinski definition) is 2. The number of rotatable bonds is 1. The average molecular weight is 225 g/mol. The van der Waals surface area contributed by atoms with Crippen LogP contribution in [0.3, 0.4) is 0 Å². The van der Waals surface area contributed by atoms with Gasteiger partial charge in [-0.1, -0.05) is 27.7 Å². The van der Waals surface area contributed by atoms with Gasteiger partial charge in [0, 0.05) is 5.54 Å². The minimum absolute atomic E-state index is 0.268. The Hall–Kier alpha value is -0.0800. The zero-order valence-electron chi connectivity index (χ0n) is 11.2. The smallest absolute Gasteiger partial charge is 0.0829 e. The highest BCUT2D eigenvalue weighted by Gasteiger charge is 2.62. The van der Waals surface area contributed by atoms with Gasteiger partial charge >= 0.3 is 0 Å². The summed E-state index contributed by atoms with van der Waals surface area (Å²) in [7, 11) is 0. The van der Waals surface area contributed by atoms with Gasteiger partial charge in [0.05, 0.1) is 5.60 Å². The van der Waals surface area contributed by atoms with Crippen LogP contribution in [-0.4, -0.2) is 16.2 Å². The normalized spacial score (nSPS) is 49.1. The van der Waals surface area contributed by atoms with Gasteiger partial charge in [-0.2, -0.15) is 0 Å². The van der Waals surface area contributed by atoms with E-state index in [1.54, 1.807) is 0 Å². The van der Waals surface area contributed by atoms with Crippen LogP contribution < -0.4 is 5.73 Å². The van der Waals surface area contributed by atoms with E-state index < -0.39 is 5.60 Å². The van der Waals surface area contributed by atoms with Gasteiger partial charge in [0.15, 0.2) is 0 Å². The number of nitrogens with two attached hydrogens (primary N) is 1. The molecule has 0 aliphatic heterocycles.